The van der Waals surface area contributed by atoms with E-state index in [1.165, 1.54) is 12.1 Å². The predicted octanol–water partition coefficient (Wildman–Crippen LogP) is 2.92. The van der Waals surface area contributed by atoms with Gasteiger partial charge in [-0.15, -0.1) is 11.8 Å². The lowest BCUT2D eigenvalue weighted by Crippen LogP contribution is -2.45. The first-order chi connectivity index (χ1) is 10.8. The van der Waals surface area contributed by atoms with Gasteiger partial charge in [-0.1, -0.05) is 0 Å². The number of amides is 1. The van der Waals surface area contributed by atoms with Gasteiger partial charge in [0.1, 0.15) is 0 Å². The van der Waals surface area contributed by atoms with E-state index in [1.54, 1.807) is 4.90 Å². The van der Waals surface area contributed by atoms with Crippen molar-refractivity contribution in [3.05, 3.63) is 29.3 Å². The average molecular weight is 344 g/mol. The van der Waals surface area contributed by atoms with Gasteiger partial charge in [-0.2, -0.15) is 18.4 Å². The van der Waals surface area contributed by atoms with E-state index in [0.29, 0.717) is 24.6 Å². The van der Waals surface area contributed by atoms with Crippen molar-refractivity contribution in [2.24, 2.45) is 0 Å². The Balaban J connectivity index is 2.03. The number of halogens is 3. The number of alkyl halides is 3. The maximum atomic E-state index is 12.9. The smallest absolute Gasteiger partial charge is 0.375 e. The second-order valence-corrected chi connectivity index (χ2v) is 6.18. The number of benzene rings is 1. The molecule has 1 aliphatic heterocycles. The van der Waals surface area contributed by atoms with Crippen LogP contribution < -0.4 is 0 Å². The zero-order valence-electron chi connectivity index (χ0n) is 12.4. The van der Waals surface area contributed by atoms with E-state index in [2.05, 4.69) is 0 Å². The standard InChI is InChI=1S/C15H15F3N2O2S/c1-10-8-20(4-5-22-10)14(21)9-23-12-3-2-11(7-19)13(6-12)15(16,17)18/h2-3,6,10H,4-5,8-9H2,1H3/t10-/m0/s1. The first-order valence-corrected chi connectivity index (χ1v) is 7.93. The molecule has 8 heteroatoms. The average Bonchev–Trinajstić information content (AvgIpc) is 2.51. The van der Waals surface area contributed by atoms with Crippen LogP contribution in [0.4, 0.5) is 13.2 Å². The molecule has 0 spiro atoms. The molecule has 4 nitrogen and oxygen atoms in total. The Bertz CT molecular complexity index is 628. The molecule has 23 heavy (non-hydrogen) atoms. The van der Waals surface area contributed by atoms with Crippen LogP contribution in [0.15, 0.2) is 23.1 Å². The van der Waals surface area contributed by atoms with Crippen molar-refractivity contribution in [2.75, 3.05) is 25.4 Å². The molecule has 0 aromatic heterocycles. The molecule has 1 fully saturated rings. The van der Waals surface area contributed by atoms with Gasteiger partial charge in [-0.05, 0) is 25.1 Å². The monoisotopic (exact) mass is 344 g/mol. The molecule has 0 bridgehead atoms. The second-order valence-electron chi connectivity index (χ2n) is 5.13. The number of nitriles is 1. The maximum absolute atomic E-state index is 12.9. The number of thioether (sulfide) groups is 1. The number of hydrogen-bond donors (Lipinski definition) is 0. The summed E-state index contributed by atoms with van der Waals surface area (Å²) in [5.41, 5.74) is -1.40. The highest BCUT2D eigenvalue weighted by Crippen LogP contribution is 2.34. The van der Waals surface area contributed by atoms with Crippen LogP contribution in [-0.2, 0) is 15.7 Å². The quantitative estimate of drug-likeness (QED) is 0.791. The van der Waals surface area contributed by atoms with E-state index in [9.17, 15) is 18.0 Å². The largest absolute Gasteiger partial charge is 0.417 e. The summed E-state index contributed by atoms with van der Waals surface area (Å²) in [7, 11) is 0. The van der Waals surface area contributed by atoms with Gasteiger partial charge in [0.2, 0.25) is 5.91 Å². The molecule has 2 rings (SSSR count). The Morgan fingerprint density at radius 1 is 1.52 bits per heavy atom. The number of morpholine rings is 1. The molecule has 1 saturated heterocycles. The zero-order chi connectivity index (χ0) is 17.0. The highest BCUT2D eigenvalue weighted by atomic mass is 32.2. The minimum atomic E-state index is -4.59. The lowest BCUT2D eigenvalue weighted by atomic mass is 10.1. The molecular formula is C15H15F3N2O2S. The summed E-state index contributed by atoms with van der Waals surface area (Å²) >= 11 is 1.03. The van der Waals surface area contributed by atoms with Crippen molar-refractivity contribution in [3.8, 4) is 6.07 Å². The summed E-state index contributed by atoms with van der Waals surface area (Å²) in [6.45, 7) is 3.31. The SMILES string of the molecule is C[C@H]1CN(C(=O)CSc2ccc(C#N)c(C(F)(F)F)c2)CCO1. The number of nitrogens with zero attached hydrogens (tertiary/aromatic N) is 2. The normalized spacial score (nSPS) is 18.6. The molecule has 1 amide bonds. The van der Waals surface area contributed by atoms with Crippen LogP contribution in [0.25, 0.3) is 0 Å². The molecule has 1 heterocycles. The number of carbonyl (C=O) groups is 1. The molecule has 1 aromatic rings. The van der Waals surface area contributed by atoms with Gasteiger partial charge >= 0.3 is 6.18 Å². The Morgan fingerprint density at radius 3 is 2.87 bits per heavy atom. The third-order valence-electron chi connectivity index (χ3n) is 3.37. The molecule has 0 N–H and O–H groups in total. The Labute approximate surface area is 136 Å². The summed E-state index contributed by atoms with van der Waals surface area (Å²) in [6, 6.07) is 5.00. The molecule has 0 unspecified atom stereocenters. The minimum Gasteiger partial charge on any atom is -0.375 e. The van der Waals surface area contributed by atoms with Gasteiger partial charge < -0.3 is 9.64 Å². The van der Waals surface area contributed by atoms with Gasteiger partial charge in [0, 0.05) is 18.0 Å². The molecule has 1 aliphatic rings. The minimum absolute atomic E-state index is 0.0376. The van der Waals surface area contributed by atoms with E-state index in [0.717, 1.165) is 23.9 Å². The number of ether oxygens (including phenoxy) is 1. The molecule has 0 radical (unpaired) electrons. The van der Waals surface area contributed by atoms with Crippen molar-refractivity contribution in [1.82, 2.24) is 4.90 Å². The fraction of sp³-hybridized carbons (Fsp3) is 0.467. The zero-order valence-corrected chi connectivity index (χ0v) is 13.2. The third-order valence-corrected chi connectivity index (χ3v) is 4.35. The van der Waals surface area contributed by atoms with Crippen molar-refractivity contribution >= 4 is 17.7 Å². The molecule has 1 aromatic carbocycles. The first kappa shape index (κ1) is 17.6. The topological polar surface area (TPSA) is 53.3 Å². The van der Waals surface area contributed by atoms with E-state index < -0.39 is 17.3 Å². The van der Waals surface area contributed by atoms with Crippen LogP contribution in [-0.4, -0.2) is 42.4 Å². The highest BCUT2D eigenvalue weighted by molar-refractivity contribution is 8.00. The number of carbonyl (C=O) groups excluding carboxylic acids is 1. The molecule has 0 saturated carbocycles. The third kappa shape index (κ3) is 4.62. The van der Waals surface area contributed by atoms with Crippen molar-refractivity contribution in [2.45, 2.75) is 24.1 Å². The van der Waals surface area contributed by atoms with Gasteiger partial charge in [0.05, 0.1) is 35.7 Å². The Hall–Kier alpha value is -1.72. The predicted molar refractivity (Wildman–Crippen MR) is 78.9 cm³/mol. The summed E-state index contributed by atoms with van der Waals surface area (Å²) in [5.74, 6) is -0.0845. The van der Waals surface area contributed by atoms with Crippen LogP contribution in [0.5, 0.6) is 0 Å². The van der Waals surface area contributed by atoms with Crippen LogP contribution in [0, 0.1) is 11.3 Å². The lowest BCUT2D eigenvalue weighted by Gasteiger charge is -2.31. The lowest BCUT2D eigenvalue weighted by molar-refractivity contribution is -0.138. The fourth-order valence-electron chi connectivity index (χ4n) is 2.23. The van der Waals surface area contributed by atoms with Crippen LogP contribution >= 0.6 is 11.8 Å². The van der Waals surface area contributed by atoms with E-state index in [4.69, 9.17) is 10.00 Å². The molecule has 1 atom stereocenters. The van der Waals surface area contributed by atoms with Gasteiger partial charge in [-0.3, -0.25) is 4.79 Å². The number of rotatable bonds is 3. The maximum Gasteiger partial charge on any atom is 0.417 e. The highest BCUT2D eigenvalue weighted by Gasteiger charge is 2.34. The van der Waals surface area contributed by atoms with E-state index in [-0.39, 0.29) is 17.8 Å². The van der Waals surface area contributed by atoms with Crippen LogP contribution in [0.2, 0.25) is 0 Å². The van der Waals surface area contributed by atoms with E-state index in [1.807, 2.05) is 6.92 Å². The van der Waals surface area contributed by atoms with Gasteiger partial charge in [0.25, 0.3) is 0 Å². The molecule has 124 valence electrons. The van der Waals surface area contributed by atoms with Crippen molar-refractivity contribution in [1.29, 1.82) is 5.26 Å². The summed E-state index contributed by atoms with van der Waals surface area (Å²) in [5, 5.41) is 8.76. The van der Waals surface area contributed by atoms with Crippen molar-refractivity contribution < 1.29 is 22.7 Å². The Morgan fingerprint density at radius 2 is 2.26 bits per heavy atom. The molecule has 0 aliphatic carbocycles. The van der Waals surface area contributed by atoms with E-state index >= 15 is 0 Å². The van der Waals surface area contributed by atoms with Gasteiger partial charge in [0.15, 0.2) is 0 Å². The van der Waals surface area contributed by atoms with Crippen LogP contribution in [0.1, 0.15) is 18.1 Å². The fourth-order valence-corrected chi connectivity index (χ4v) is 3.06. The number of hydrogen-bond acceptors (Lipinski definition) is 4. The summed E-state index contributed by atoms with van der Waals surface area (Å²) < 4.78 is 44.0. The van der Waals surface area contributed by atoms with Gasteiger partial charge in [-0.25, -0.2) is 0 Å². The van der Waals surface area contributed by atoms with Crippen molar-refractivity contribution in [3.63, 3.8) is 0 Å². The van der Waals surface area contributed by atoms with Crippen LogP contribution in [0.3, 0.4) is 0 Å². The Kier molecular flexibility index (Phi) is 5.55. The first-order valence-electron chi connectivity index (χ1n) is 6.95. The molecular weight excluding hydrogens is 329 g/mol. The second kappa shape index (κ2) is 7.23. The summed E-state index contributed by atoms with van der Waals surface area (Å²) in [6.07, 6.45) is -4.63. The summed E-state index contributed by atoms with van der Waals surface area (Å²) in [4.78, 5) is 14.1.